The van der Waals surface area contributed by atoms with Gasteiger partial charge in [-0.2, -0.15) is 0 Å². The smallest absolute Gasteiger partial charge is 0.257 e. The Bertz CT molecular complexity index is 1220. The molecule has 0 saturated heterocycles. The maximum atomic E-state index is 13.1. The first kappa shape index (κ1) is 23.3. The Morgan fingerprint density at radius 3 is 1.82 bits per heavy atom. The van der Waals surface area contributed by atoms with Gasteiger partial charge in [-0.1, -0.05) is 71.0 Å². The number of methoxy groups -OCH3 is 3. The molecule has 0 atom stereocenters. The van der Waals surface area contributed by atoms with Gasteiger partial charge in [0.05, 0.1) is 31.9 Å². The molecule has 0 aliphatic rings. The van der Waals surface area contributed by atoms with Gasteiger partial charge >= 0.3 is 0 Å². The number of aromatic nitrogens is 1. The third kappa shape index (κ3) is 4.75. The third-order valence-electron chi connectivity index (χ3n) is 5.41. The van der Waals surface area contributed by atoms with Crippen LogP contribution in [0.25, 0.3) is 21.7 Å². The van der Waals surface area contributed by atoms with E-state index in [1.807, 2.05) is 12.1 Å². The number of aryl methyl sites for hydroxylation is 2. The Morgan fingerprint density at radius 2 is 1.32 bits per heavy atom. The molecule has 0 spiro atoms. The van der Waals surface area contributed by atoms with E-state index >= 15 is 0 Å². The third-order valence-corrected chi connectivity index (χ3v) is 6.43. The maximum absolute atomic E-state index is 13.1. The van der Waals surface area contributed by atoms with E-state index in [0.717, 1.165) is 21.7 Å². The molecule has 3 aromatic carbocycles. The molecule has 7 heteroatoms. The molecule has 0 aliphatic carbocycles. The first-order chi connectivity index (χ1) is 16.4. The Hall–Kier alpha value is -3.84. The fourth-order valence-corrected chi connectivity index (χ4v) is 4.55. The highest BCUT2D eigenvalue weighted by Crippen LogP contribution is 2.41. The summed E-state index contributed by atoms with van der Waals surface area (Å²) in [5.41, 5.74) is 5.60. The van der Waals surface area contributed by atoms with Crippen molar-refractivity contribution >= 4 is 22.4 Å². The maximum Gasteiger partial charge on any atom is 0.257 e. The van der Waals surface area contributed by atoms with E-state index < -0.39 is 0 Å². The predicted octanol–water partition coefficient (Wildman–Crippen LogP) is 6.37. The Kier molecular flexibility index (Phi) is 6.84. The molecule has 0 saturated carbocycles. The minimum absolute atomic E-state index is 0.320. The lowest BCUT2D eigenvalue weighted by atomic mass is 10.0. The highest BCUT2D eigenvalue weighted by molar-refractivity contribution is 7.19. The van der Waals surface area contributed by atoms with Crippen LogP contribution in [0.5, 0.6) is 17.2 Å². The number of nitrogens with one attached hydrogen (secondary N) is 1. The topological polar surface area (TPSA) is 69.7 Å². The van der Waals surface area contributed by atoms with Gasteiger partial charge in [0.25, 0.3) is 5.91 Å². The molecule has 1 amide bonds. The normalized spacial score (nSPS) is 10.6. The minimum Gasteiger partial charge on any atom is -0.493 e. The Morgan fingerprint density at radius 1 is 0.794 bits per heavy atom. The highest BCUT2D eigenvalue weighted by Gasteiger charge is 2.20. The van der Waals surface area contributed by atoms with Crippen LogP contribution in [0.3, 0.4) is 0 Å². The van der Waals surface area contributed by atoms with Crippen molar-refractivity contribution in [1.82, 2.24) is 4.98 Å². The Labute approximate surface area is 203 Å². The summed E-state index contributed by atoms with van der Waals surface area (Å²) in [6.07, 6.45) is 0. The average molecular weight is 475 g/mol. The van der Waals surface area contributed by atoms with Crippen molar-refractivity contribution in [2.75, 3.05) is 26.6 Å². The van der Waals surface area contributed by atoms with Crippen LogP contribution in [0.4, 0.5) is 5.13 Å². The standard InChI is InChI=1S/C27H26N2O4S/c1-16-6-10-18(11-7-16)23-25(19-12-8-17(2)9-13-19)34-27(28-23)29-26(30)20-14-21(31-3)24(33-5)22(15-20)32-4/h6-15H,1-5H3,(H,28,29,30). The molecule has 4 rings (SSSR count). The number of hydrogen-bond acceptors (Lipinski definition) is 6. The van der Waals surface area contributed by atoms with Crippen LogP contribution in [-0.2, 0) is 0 Å². The van der Waals surface area contributed by atoms with Crippen molar-refractivity contribution in [3.05, 3.63) is 77.4 Å². The number of ether oxygens (including phenoxy) is 3. The summed E-state index contributed by atoms with van der Waals surface area (Å²) >= 11 is 1.44. The van der Waals surface area contributed by atoms with E-state index in [-0.39, 0.29) is 5.91 Å². The van der Waals surface area contributed by atoms with Crippen molar-refractivity contribution in [3.8, 4) is 38.9 Å². The zero-order valence-electron chi connectivity index (χ0n) is 19.8. The van der Waals surface area contributed by atoms with E-state index in [1.165, 1.54) is 43.8 Å². The molecule has 1 N–H and O–H groups in total. The van der Waals surface area contributed by atoms with Crippen molar-refractivity contribution in [3.63, 3.8) is 0 Å². The monoisotopic (exact) mass is 474 g/mol. The molecule has 34 heavy (non-hydrogen) atoms. The number of carbonyl (C=O) groups excluding carboxylic acids is 1. The fourth-order valence-electron chi connectivity index (χ4n) is 3.56. The number of thiazole rings is 1. The van der Waals surface area contributed by atoms with E-state index in [9.17, 15) is 4.79 Å². The zero-order chi connectivity index (χ0) is 24.2. The van der Waals surface area contributed by atoms with Gasteiger partial charge in [0, 0.05) is 11.1 Å². The van der Waals surface area contributed by atoms with Crippen LogP contribution in [0.1, 0.15) is 21.5 Å². The lowest BCUT2D eigenvalue weighted by molar-refractivity contribution is 0.102. The van der Waals surface area contributed by atoms with Gasteiger partial charge in [0.15, 0.2) is 16.6 Å². The molecule has 0 aliphatic heterocycles. The van der Waals surface area contributed by atoms with Crippen LogP contribution < -0.4 is 19.5 Å². The van der Waals surface area contributed by atoms with Gasteiger partial charge < -0.3 is 14.2 Å². The number of hydrogen-bond donors (Lipinski definition) is 1. The summed E-state index contributed by atoms with van der Waals surface area (Å²) in [6.45, 7) is 4.11. The number of carbonyl (C=O) groups is 1. The van der Waals surface area contributed by atoms with Crippen LogP contribution in [0, 0.1) is 13.8 Å². The molecular formula is C27H26N2O4S. The summed E-state index contributed by atoms with van der Waals surface area (Å²) in [5.74, 6) is 0.927. The van der Waals surface area contributed by atoms with E-state index in [4.69, 9.17) is 19.2 Å². The number of anilines is 1. The Balaban J connectivity index is 1.72. The van der Waals surface area contributed by atoms with Crippen LogP contribution >= 0.6 is 11.3 Å². The number of nitrogens with zero attached hydrogens (tertiary/aromatic N) is 1. The second kappa shape index (κ2) is 9.97. The van der Waals surface area contributed by atoms with Crippen LogP contribution in [-0.4, -0.2) is 32.2 Å². The molecule has 1 heterocycles. The highest BCUT2D eigenvalue weighted by atomic mass is 32.1. The van der Waals surface area contributed by atoms with E-state index in [2.05, 4.69) is 55.6 Å². The molecule has 1 aromatic heterocycles. The molecule has 174 valence electrons. The van der Waals surface area contributed by atoms with Gasteiger partial charge in [-0.05, 0) is 31.5 Å². The van der Waals surface area contributed by atoms with Gasteiger partial charge in [0.2, 0.25) is 5.75 Å². The lowest BCUT2D eigenvalue weighted by Crippen LogP contribution is -2.12. The summed E-state index contributed by atoms with van der Waals surface area (Å²) in [4.78, 5) is 18.9. The molecule has 6 nitrogen and oxygen atoms in total. The van der Waals surface area contributed by atoms with Gasteiger partial charge in [-0.25, -0.2) is 4.98 Å². The number of amides is 1. The molecule has 0 bridgehead atoms. The number of rotatable bonds is 7. The summed E-state index contributed by atoms with van der Waals surface area (Å²) in [6, 6.07) is 19.7. The summed E-state index contributed by atoms with van der Waals surface area (Å²) in [7, 11) is 4.55. The second-order valence-corrected chi connectivity index (χ2v) is 8.80. The van der Waals surface area contributed by atoms with E-state index in [1.54, 1.807) is 12.1 Å². The zero-order valence-corrected chi connectivity index (χ0v) is 20.6. The summed E-state index contributed by atoms with van der Waals surface area (Å²) < 4.78 is 16.1. The quantitative estimate of drug-likeness (QED) is 0.337. The first-order valence-electron chi connectivity index (χ1n) is 10.7. The molecule has 0 radical (unpaired) electrons. The second-order valence-electron chi connectivity index (χ2n) is 7.80. The molecule has 0 fully saturated rings. The predicted molar refractivity (Wildman–Crippen MR) is 137 cm³/mol. The first-order valence-corrected chi connectivity index (χ1v) is 11.5. The number of benzene rings is 3. The van der Waals surface area contributed by atoms with Gasteiger partial charge in [-0.3, -0.25) is 10.1 Å². The lowest BCUT2D eigenvalue weighted by Gasteiger charge is -2.13. The fraction of sp³-hybridized carbons (Fsp3) is 0.185. The van der Waals surface area contributed by atoms with Crippen molar-refractivity contribution in [1.29, 1.82) is 0 Å². The largest absolute Gasteiger partial charge is 0.493 e. The van der Waals surface area contributed by atoms with Crippen molar-refractivity contribution in [2.24, 2.45) is 0 Å². The van der Waals surface area contributed by atoms with E-state index in [0.29, 0.717) is 27.9 Å². The van der Waals surface area contributed by atoms with Crippen LogP contribution in [0.15, 0.2) is 60.7 Å². The summed E-state index contributed by atoms with van der Waals surface area (Å²) in [5, 5.41) is 3.44. The minimum atomic E-state index is -0.320. The SMILES string of the molecule is COc1cc(C(=O)Nc2nc(-c3ccc(C)cc3)c(-c3ccc(C)cc3)s2)cc(OC)c1OC. The van der Waals surface area contributed by atoms with Crippen molar-refractivity contribution < 1.29 is 19.0 Å². The van der Waals surface area contributed by atoms with Gasteiger partial charge in [-0.15, -0.1) is 0 Å². The van der Waals surface area contributed by atoms with Crippen LogP contribution in [0.2, 0.25) is 0 Å². The molecular weight excluding hydrogens is 448 g/mol. The molecule has 4 aromatic rings. The van der Waals surface area contributed by atoms with Crippen molar-refractivity contribution in [2.45, 2.75) is 13.8 Å². The van der Waals surface area contributed by atoms with Gasteiger partial charge in [0.1, 0.15) is 0 Å². The molecule has 0 unspecified atom stereocenters. The average Bonchev–Trinajstić information content (AvgIpc) is 3.27.